The number of nitrogens with zero attached hydrogens (tertiary/aromatic N) is 1. The Bertz CT molecular complexity index is 848. The summed E-state index contributed by atoms with van der Waals surface area (Å²) in [5.74, 6) is -2.09. The second-order valence-electron chi connectivity index (χ2n) is 9.06. The van der Waals surface area contributed by atoms with Crippen LogP contribution in [0.25, 0.3) is 0 Å². The smallest absolute Gasteiger partial charge is 0.407 e. The molecule has 2 radical (unpaired) electrons. The first-order chi connectivity index (χ1) is 21.2. The minimum Gasteiger partial charge on any atom is -0.466 e. The van der Waals surface area contributed by atoms with Crippen LogP contribution >= 0.6 is 0 Å². The van der Waals surface area contributed by atoms with Gasteiger partial charge in [0.15, 0.2) is 7.85 Å². The molecule has 0 unspecified atom stereocenters. The highest BCUT2D eigenvalue weighted by Crippen LogP contribution is 1.95. The van der Waals surface area contributed by atoms with Crippen LogP contribution < -0.4 is 10.6 Å². The van der Waals surface area contributed by atoms with Gasteiger partial charge in [0.1, 0.15) is 33.0 Å². The van der Waals surface area contributed by atoms with Crippen LogP contribution in [0, 0.1) is 0 Å². The van der Waals surface area contributed by atoms with E-state index in [4.69, 9.17) is 41.0 Å². The molecule has 0 aromatic carbocycles. The average Bonchev–Trinajstić information content (AvgIpc) is 2.98. The lowest BCUT2D eigenvalue weighted by atomic mass is 10.0. The summed E-state index contributed by atoms with van der Waals surface area (Å²) in [5, 5.41) is 4.83. The molecule has 0 bridgehead atoms. The van der Waals surface area contributed by atoms with Crippen LogP contribution in [0.2, 0.25) is 0 Å². The van der Waals surface area contributed by atoms with Crippen molar-refractivity contribution in [2.45, 2.75) is 39.5 Å². The number of hydrogen-bond donors (Lipinski definition) is 2. The van der Waals surface area contributed by atoms with Gasteiger partial charge in [0, 0.05) is 39.2 Å². The van der Waals surface area contributed by atoms with Crippen molar-refractivity contribution < 1.29 is 61.9 Å². The number of amides is 2. The van der Waals surface area contributed by atoms with Crippen molar-refractivity contribution in [3.05, 3.63) is 0 Å². The van der Waals surface area contributed by atoms with Crippen LogP contribution in [0.1, 0.15) is 39.5 Å². The lowest BCUT2D eigenvalue weighted by Gasteiger charge is -2.20. The molecular weight excluding hydrogens is 585 g/mol. The third-order valence-electron chi connectivity index (χ3n) is 5.07. The maximum Gasteiger partial charge on any atom is 0.407 e. The molecule has 0 aliphatic rings. The van der Waals surface area contributed by atoms with E-state index in [9.17, 15) is 28.8 Å². The van der Waals surface area contributed by atoms with Gasteiger partial charge in [-0.1, -0.05) is 13.8 Å². The van der Waals surface area contributed by atoms with E-state index in [1.165, 1.54) is 4.90 Å². The van der Waals surface area contributed by atoms with Gasteiger partial charge in [0.05, 0.1) is 38.7 Å². The van der Waals surface area contributed by atoms with E-state index in [2.05, 4.69) is 10.6 Å². The second-order valence-corrected chi connectivity index (χ2v) is 9.06. The Hall–Kier alpha value is -3.28. The molecule has 2 amide bonds. The number of carbonyl (C=O) groups is 6. The van der Waals surface area contributed by atoms with E-state index in [1.807, 2.05) is 13.8 Å². The minimum absolute atomic E-state index is 0.0958. The van der Waals surface area contributed by atoms with E-state index in [0.29, 0.717) is 45.7 Å². The molecule has 16 nitrogen and oxygen atoms in total. The molecule has 17 heteroatoms. The van der Waals surface area contributed by atoms with Crippen LogP contribution in [0.5, 0.6) is 0 Å². The number of esters is 3. The highest BCUT2D eigenvalue weighted by Gasteiger charge is 2.13. The molecule has 44 heavy (non-hydrogen) atoms. The van der Waals surface area contributed by atoms with Gasteiger partial charge in [-0.25, -0.2) is 9.59 Å². The normalized spacial score (nSPS) is 10.6. The summed E-state index contributed by atoms with van der Waals surface area (Å²) in [6.45, 7) is 4.69. The first-order valence-electron chi connectivity index (χ1n) is 14.6. The third-order valence-corrected chi connectivity index (χ3v) is 5.07. The molecule has 0 aromatic heterocycles. The second kappa shape index (κ2) is 28.5. The SMILES string of the molecule is [B]C(=O)CN(CCOC(=O)CNC(=O)OCCC)CCOC(=O)COCC(=O)NCCOCCOCCCC(=O)OCCC. The van der Waals surface area contributed by atoms with Crippen molar-refractivity contribution >= 4 is 43.4 Å². The number of ether oxygens (including phenoxy) is 7. The van der Waals surface area contributed by atoms with E-state index in [1.54, 1.807) is 0 Å². The molecule has 0 aliphatic heterocycles. The van der Waals surface area contributed by atoms with Gasteiger partial charge in [-0.3, -0.25) is 19.3 Å². The fourth-order valence-electron chi connectivity index (χ4n) is 3.02. The number of rotatable bonds is 28. The van der Waals surface area contributed by atoms with Crippen molar-refractivity contribution in [1.29, 1.82) is 0 Å². The monoisotopic (exact) mass is 631 g/mol. The van der Waals surface area contributed by atoms with Gasteiger partial charge in [-0.2, -0.15) is 0 Å². The lowest BCUT2D eigenvalue weighted by molar-refractivity contribution is -0.150. The third kappa shape index (κ3) is 27.6. The van der Waals surface area contributed by atoms with Crippen LogP contribution in [-0.4, -0.2) is 147 Å². The van der Waals surface area contributed by atoms with Crippen LogP contribution in [-0.2, 0) is 57.1 Å². The first-order valence-corrected chi connectivity index (χ1v) is 14.6. The highest BCUT2D eigenvalue weighted by atomic mass is 16.6. The molecule has 2 N–H and O–H groups in total. The molecular formula is C27H46BN3O13. The predicted molar refractivity (Wildman–Crippen MR) is 155 cm³/mol. The molecule has 0 rings (SSSR count). The Morgan fingerprint density at radius 1 is 0.636 bits per heavy atom. The zero-order valence-electron chi connectivity index (χ0n) is 25.8. The largest absolute Gasteiger partial charge is 0.466 e. The molecule has 0 fully saturated rings. The Balaban J connectivity index is 3.85. The Labute approximate surface area is 259 Å². The van der Waals surface area contributed by atoms with E-state index >= 15 is 0 Å². The number of hydrogen-bond acceptors (Lipinski definition) is 14. The molecule has 0 heterocycles. The summed E-state index contributed by atoms with van der Waals surface area (Å²) < 4.78 is 35.5. The molecule has 0 saturated carbocycles. The van der Waals surface area contributed by atoms with Gasteiger partial charge < -0.3 is 48.6 Å². The maximum atomic E-state index is 11.9. The number of nitrogens with one attached hydrogen (secondary N) is 2. The van der Waals surface area contributed by atoms with Crippen molar-refractivity contribution in [2.24, 2.45) is 0 Å². The summed E-state index contributed by atoms with van der Waals surface area (Å²) in [7, 11) is 5.23. The molecule has 0 atom stereocenters. The van der Waals surface area contributed by atoms with Gasteiger partial charge in [-0.15, -0.1) is 0 Å². The quantitative estimate of drug-likeness (QED) is 0.0467. The van der Waals surface area contributed by atoms with Gasteiger partial charge in [0.25, 0.3) is 0 Å². The summed E-state index contributed by atoms with van der Waals surface area (Å²) in [5.41, 5.74) is -0.630. The zero-order chi connectivity index (χ0) is 32.8. The molecule has 0 aromatic rings. The summed E-state index contributed by atoms with van der Waals surface area (Å²) in [6, 6.07) is 0. The van der Waals surface area contributed by atoms with Crippen LogP contribution in [0.15, 0.2) is 0 Å². The van der Waals surface area contributed by atoms with Crippen molar-refractivity contribution in [3.8, 4) is 0 Å². The number of alkyl carbamates (subject to hydrolysis) is 1. The van der Waals surface area contributed by atoms with E-state index in [0.717, 1.165) is 6.42 Å². The van der Waals surface area contributed by atoms with Gasteiger partial charge in [-0.05, 0) is 19.3 Å². The summed E-state index contributed by atoms with van der Waals surface area (Å²) in [6.07, 6.45) is 1.58. The van der Waals surface area contributed by atoms with Gasteiger partial charge in [0.2, 0.25) is 5.91 Å². The van der Waals surface area contributed by atoms with Crippen molar-refractivity contribution in [3.63, 3.8) is 0 Å². The summed E-state index contributed by atoms with van der Waals surface area (Å²) >= 11 is 0. The Morgan fingerprint density at radius 3 is 1.91 bits per heavy atom. The minimum atomic E-state index is -0.731. The van der Waals surface area contributed by atoms with E-state index in [-0.39, 0.29) is 71.7 Å². The van der Waals surface area contributed by atoms with Crippen LogP contribution in [0.4, 0.5) is 4.79 Å². The van der Waals surface area contributed by atoms with E-state index < -0.39 is 36.2 Å². The fourth-order valence-corrected chi connectivity index (χ4v) is 3.02. The molecule has 0 aliphatic carbocycles. The summed E-state index contributed by atoms with van der Waals surface area (Å²) in [4.78, 5) is 70.9. The Kier molecular flexibility index (Phi) is 26.4. The maximum absolute atomic E-state index is 11.9. The molecule has 250 valence electrons. The van der Waals surface area contributed by atoms with Gasteiger partial charge >= 0.3 is 24.0 Å². The predicted octanol–water partition coefficient (Wildman–Crippen LogP) is -0.894. The highest BCUT2D eigenvalue weighted by molar-refractivity contribution is 6.58. The topological polar surface area (TPSA) is 194 Å². The zero-order valence-corrected chi connectivity index (χ0v) is 25.8. The average molecular weight is 631 g/mol. The standard InChI is InChI=1S/C27H46BN3O13/c1-3-10-41-24(34)6-5-12-38-16-17-39-13-7-29-23(33)20-40-21-26(36)43-15-9-31(19-22(28)32)8-14-42-25(35)18-30-27(37)44-11-4-2/h3-21H2,1-2H3,(H,29,33)(H,30,37). The Morgan fingerprint density at radius 2 is 1.25 bits per heavy atom. The molecule has 0 spiro atoms. The van der Waals surface area contributed by atoms with Crippen molar-refractivity contribution in [1.82, 2.24) is 15.5 Å². The van der Waals surface area contributed by atoms with Crippen molar-refractivity contribution in [2.75, 3.05) is 98.8 Å². The van der Waals surface area contributed by atoms with Crippen LogP contribution in [0.3, 0.4) is 0 Å². The number of carbonyl (C=O) groups excluding carboxylic acids is 6. The first kappa shape index (κ1) is 40.7. The lowest BCUT2D eigenvalue weighted by Crippen LogP contribution is -2.37. The fraction of sp³-hybridized carbons (Fsp3) is 0.778. The molecule has 0 saturated heterocycles.